The molecule has 0 aromatic rings. The van der Waals surface area contributed by atoms with E-state index < -0.39 is 20.8 Å². The van der Waals surface area contributed by atoms with Crippen LogP contribution in [0.5, 0.6) is 0 Å². The molecule has 0 aliphatic rings. The zero-order chi connectivity index (χ0) is 17.8. The zero-order valence-corrected chi connectivity index (χ0v) is 15.7. The van der Waals surface area contributed by atoms with Crippen LogP contribution in [0, 0.1) is 0 Å². The minimum Gasteiger partial charge on any atom is -0.316 e. The monoisotopic (exact) mass is 373 g/mol. The first kappa shape index (κ1) is 23.1. The van der Waals surface area contributed by atoms with Crippen LogP contribution in [-0.2, 0) is 9.09 Å². The maximum atomic E-state index is 11.4. The molecule has 23 heavy (non-hydrogen) atoms. The average Bonchev–Trinajstić information content (AvgIpc) is 2.46. The van der Waals surface area contributed by atoms with Gasteiger partial charge in [-0.05, 0) is 6.42 Å². The maximum absolute atomic E-state index is 11.4. The number of hydrogen-bond donors (Lipinski definition) is 4. The molecule has 138 valence electrons. The third kappa shape index (κ3) is 12.2. The summed E-state index contributed by atoms with van der Waals surface area (Å²) in [6, 6.07) is 0. The number of hydrogen-bond acceptors (Lipinski definition) is 6. The molecule has 0 saturated carbocycles. The lowest BCUT2D eigenvalue weighted by Gasteiger charge is -2.09. The first-order chi connectivity index (χ1) is 10.7. The molecule has 4 N–H and O–H groups in total. The Kier molecular flexibility index (Phi) is 12.6. The minimum absolute atomic E-state index is 0.128. The van der Waals surface area contributed by atoms with E-state index in [1.165, 1.54) is 44.9 Å². The van der Waals surface area contributed by atoms with Crippen molar-refractivity contribution in [2.45, 2.75) is 77.6 Å². The summed E-state index contributed by atoms with van der Waals surface area (Å²) in [5.41, 5.74) is 0. The van der Waals surface area contributed by atoms with Gasteiger partial charge in [-0.25, -0.2) is 9.36 Å². The van der Waals surface area contributed by atoms with E-state index in [0.717, 1.165) is 19.3 Å². The van der Waals surface area contributed by atoms with Crippen molar-refractivity contribution in [3.63, 3.8) is 0 Å². The van der Waals surface area contributed by atoms with Gasteiger partial charge >= 0.3 is 20.8 Å². The Morgan fingerprint density at radius 3 is 1.65 bits per heavy atom. The van der Waals surface area contributed by atoms with Crippen molar-refractivity contribution in [1.82, 2.24) is 0 Å². The number of rotatable bonds is 15. The van der Waals surface area contributed by atoms with E-state index in [1.54, 1.807) is 0 Å². The molecule has 0 saturated heterocycles. The fourth-order valence-electron chi connectivity index (χ4n) is 2.18. The highest BCUT2D eigenvalue weighted by Crippen LogP contribution is 2.62. The predicted octanol–water partition coefficient (Wildman–Crippen LogP) is 4.36. The predicted molar refractivity (Wildman–Crippen MR) is 91.2 cm³/mol. The summed E-state index contributed by atoms with van der Waals surface area (Å²) in [4.78, 5) is 46.3. The topological polar surface area (TPSA) is 124 Å². The smallest absolute Gasteiger partial charge is 0.316 e. The molecule has 0 rings (SSSR count). The molecule has 0 fully saturated rings. The van der Waals surface area contributed by atoms with Crippen molar-refractivity contribution in [3.05, 3.63) is 0 Å². The zero-order valence-electron chi connectivity index (χ0n) is 13.9. The van der Waals surface area contributed by atoms with Gasteiger partial charge in [-0.15, -0.1) is 0 Å². The van der Waals surface area contributed by atoms with Gasteiger partial charge in [-0.2, -0.15) is 14.7 Å². The summed E-state index contributed by atoms with van der Waals surface area (Å²) in [5.74, 6) is 0. The molecule has 0 aliphatic heterocycles. The molecule has 9 heteroatoms. The van der Waals surface area contributed by atoms with Crippen LogP contribution >= 0.6 is 15.5 Å². The highest BCUT2D eigenvalue weighted by atomic mass is 31.3. The van der Waals surface area contributed by atoms with E-state index in [4.69, 9.17) is 14.7 Å². The quantitative estimate of drug-likeness (QED) is 0.248. The summed E-state index contributed by atoms with van der Waals surface area (Å²) >= 11 is 0. The largest absolute Gasteiger partial charge is 0.492 e. The van der Waals surface area contributed by atoms with E-state index in [0.29, 0.717) is 6.42 Å². The third-order valence-corrected chi connectivity index (χ3v) is 6.61. The van der Waals surface area contributed by atoms with Crippen LogP contribution in [0.15, 0.2) is 0 Å². The van der Waals surface area contributed by atoms with Crippen molar-refractivity contribution >= 4 is 20.8 Å². The van der Waals surface area contributed by atoms with Crippen LogP contribution < -0.4 is 0 Å². The number of carbonyl (C=O) groups is 1. The van der Waals surface area contributed by atoms with E-state index in [1.807, 2.05) is 0 Å². The molecule has 0 amide bonds. The van der Waals surface area contributed by atoms with Gasteiger partial charge in [0.1, 0.15) is 0 Å². The van der Waals surface area contributed by atoms with Crippen LogP contribution in [0.2, 0.25) is 0 Å². The second-order valence-electron chi connectivity index (χ2n) is 5.74. The SMILES string of the molecule is CCCCCCCCCCCCCOP(=O)(O)C(=O)[P+](O)(O)O. The van der Waals surface area contributed by atoms with Crippen molar-refractivity contribution in [3.8, 4) is 0 Å². The molecule has 7 nitrogen and oxygen atoms in total. The van der Waals surface area contributed by atoms with Crippen LogP contribution in [-0.4, -0.2) is 31.4 Å². The van der Waals surface area contributed by atoms with Crippen LogP contribution in [0.4, 0.5) is 4.79 Å². The molecular formula is C14H31O7P2+. The second-order valence-corrected chi connectivity index (χ2v) is 9.34. The number of carbonyl (C=O) groups excluding carboxylic acids is 1. The standard InChI is InChI=1S/C14H30O7P2/c1-2-3-4-5-6-7-8-9-10-11-12-13-21-23(19,20)14(15)22(16,17)18/h16-18H,2-13H2,1H3/p+1. The summed E-state index contributed by atoms with van der Waals surface area (Å²) in [5, 5.41) is -1.92. The molecule has 0 aromatic carbocycles. The highest BCUT2D eigenvalue weighted by Gasteiger charge is 2.56. The van der Waals surface area contributed by atoms with Crippen molar-refractivity contribution < 1.29 is 33.5 Å². The van der Waals surface area contributed by atoms with Gasteiger partial charge < -0.3 is 9.42 Å². The second kappa shape index (κ2) is 12.5. The Hall–Kier alpha value is 0.130. The highest BCUT2D eigenvalue weighted by molar-refractivity contribution is 8.00. The lowest BCUT2D eigenvalue weighted by atomic mass is 10.1. The van der Waals surface area contributed by atoms with Gasteiger partial charge in [0.25, 0.3) is 0 Å². The molecular weight excluding hydrogens is 342 g/mol. The minimum atomic E-state index is -4.99. The van der Waals surface area contributed by atoms with Gasteiger partial charge in [-0.3, -0.25) is 0 Å². The molecule has 0 bridgehead atoms. The lowest BCUT2D eigenvalue weighted by molar-refractivity contribution is 0.229. The Balaban J connectivity index is 3.53. The summed E-state index contributed by atoms with van der Waals surface area (Å²) in [6.45, 7) is 2.07. The normalized spacial score (nSPS) is 14.7. The van der Waals surface area contributed by atoms with Crippen molar-refractivity contribution in [2.24, 2.45) is 0 Å². The Morgan fingerprint density at radius 2 is 1.26 bits per heavy atom. The van der Waals surface area contributed by atoms with E-state index >= 15 is 0 Å². The molecule has 0 aliphatic carbocycles. The van der Waals surface area contributed by atoms with Gasteiger partial charge in [-0.1, -0.05) is 71.1 Å². The Labute approximate surface area is 139 Å². The van der Waals surface area contributed by atoms with Gasteiger partial charge in [0, 0.05) is 0 Å². The van der Waals surface area contributed by atoms with E-state index in [-0.39, 0.29) is 6.61 Å². The number of unbranched alkanes of at least 4 members (excludes halogenated alkanes) is 10. The lowest BCUT2D eigenvalue weighted by Crippen LogP contribution is -2.07. The first-order valence-corrected chi connectivity index (χ1v) is 11.5. The fourth-order valence-corrected chi connectivity index (χ4v) is 4.20. The third-order valence-electron chi connectivity index (χ3n) is 3.51. The van der Waals surface area contributed by atoms with Gasteiger partial charge in [0.05, 0.1) is 6.61 Å². The van der Waals surface area contributed by atoms with Gasteiger partial charge in [0.2, 0.25) is 0 Å². The van der Waals surface area contributed by atoms with Crippen LogP contribution in [0.25, 0.3) is 0 Å². The first-order valence-electron chi connectivity index (χ1n) is 8.31. The maximum Gasteiger partial charge on any atom is 0.492 e. The molecule has 1 atom stereocenters. The summed E-state index contributed by atoms with van der Waals surface area (Å²) in [6.07, 6.45) is 12.2. The van der Waals surface area contributed by atoms with Crippen molar-refractivity contribution in [1.29, 1.82) is 0 Å². The molecule has 1 unspecified atom stereocenters. The Bertz CT molecular complexity index is 369. The summed E-state index contributed by atoms with van der Waals surface area (Å²) < 4.78 is 15.9. The van der Waals surface area contributed by atoms with E-state index in [2.05, 4.69) is 11.4 Å². The van der Waals surface area contributed by atoms with E-state index in [9.17, 15) is 14.3 Å². The average molecular weight is 373 g/mol. The summed E-state index contributed by atoms with van der Waals surface area (Å²) in [7, 11) is -9.81. The van der Waals surface area contributed by atoms with Crippen LogP contribution in [0.1, 0.15) is 77.6 Å². The molecule has 0 radical (unpaired) electrons. The molecule has 0 spiro atoms. The Morgan fingerprint density at radius 1 is 0.870 bits per heavy atom. The van der Waals surface area contributed by atoms with Crippen LogP contribution in [0.3, 0.4) is 0 Å². The fraction of sp³-hybridized carbons (Fsp3) is 0.929. The molecule has 0 heterocycles. The van der Waals surface area contributed by atoms with Gasteiger partial charge in [0.15, 0.2) is 0 Å². The van der Waals surface area contributed by atoms with Crippen molar-refractivity contribution in [2.75, 3.05) is 6.61 Å². The molecule has 0 aromatic heterocycles.